The molecule has 0 saturated heterocycles. The van der Waals surface area contributed by atoms with Crippen molar-refractivity contribution in [3.8, 4) is 0 Å². The Balaban J connectivity index is 2.19. The maximum absolute atomic E-state index is 13.3. The van der Waals surface area contributed by atoms with Gasteiger partial charge in [-0.05, 0) is 49.9 Å². The third kappa shape index (κ3) is 2.81. The number of carbonyl (C=O) groups is 1. The van der Waals surface area contributed by atoms with Gasteiger partial charge in [0, 0.05) is 11.3 Å². The molecule has 2 heteroatoms. The highest BCUT2D eigenvalue weighted by Gasteiger charge is 2.71. The fourth-order valence-corrected chi connectivity index (χ4v) is 5.23. The van der Waals surface area contributed by atoms with E-state index in [2.05, 4.69) is 46.8 Å². The highest BCUT2D eigenvalue weighted by atomic mass is 16.3. The van der Waals surface area contributed by atoms with Crippen LogP contribution in [0.25, 0.3) is 0 Å². The number of hydrogen-bond acceptors (Lipinski definition) is 2. The van der Waals surface area contributed by atoms with E-state index in [9.17, 15) is 9.90 Å². The highest BCUT2D eigenvalue weighted by molar-refractivity contribution is 5.91. The quantitative estimate of drug-likeness (QED) is 0.616. The minimum Gasteiger partial charge on any atom is -0.381 e. The lowest BCUT2D eigenvalue weighted by atomic mass is 9.61. The lowest BCUT2D eigenvalue weighted by Crippen LogP contribution is -2.55. The standard InChI is InChI=1S/C21H36O2/c1-6-8-9-10-12-16(11-7-2)18(22)21(23)15-17-13-14-20(21,5)19(17,3)4/h9-10,16-17,23H,6-8,11-15H2,1-5H3/b10-9+/t16-,17-,20-,21+/m1/s1. The van der Waals surface area contributed by atoms with Crippen molar-refractivity contribution in [3.63, 3.8) is 0 Å². The van der Waals surface area contributed by atoms with Crippen LogP contribution in [0.3, 0.4) is 0 Å². The molecule has 2 fully saturated rings. The van der Waals surface area contributed by atoms with Crippen molar-refractivity contribution in [1.82, 2.24) is 0 Å². The Kier molecular flexibility index (Phi) is 5.45. The minimum absolute atomic E-state index is 0.0231. The molecule has 2 aliphatic rings. The summed E-state index contributed by atoms with van der Waals surface area (Å²) >= 11 is 0. The van der Waals surface area contributed by atoms with Crippen molar-refractivity contribution in [2.75, 3.05) is 0 Å². The van der Waals surface area contributed by atoms with E-state index >= 15 is 0 Å². The molecular weight excluding hydrogens is 284 g/mol. The number of allylic oxidation sites excluding steroid dienone is 2. The van der Waals surface area contributed by atoms with Crippen molar-refractivity contribution in [2.45, 2.75) is 91.6 Å². The van der Waals surface area contributed by atoms with Gasteiger partial charge in [0.25, 0.3) is 0 Å². The van der Waals surface area contributed by atoms with Crippen molar-refractivity contribution in [1.29, 1.82) is 0 Å². The van der Waals surface area contributed by atoms with Crippen LogP contribution in [0.1, 0.15) is 86.0 Å². The zero-order chi connectivity index (χ0) is 17.3. The maximum atomic E-state index is 13.3. The summed E-state index contributed by atoms with van der Waals surface area (Å²) in [5.74, 6) is 0.586. The topological polar surface area (TPSA) is 37.3 Å². The van der Waals surface area contributed by atoms with Crippen LogP contribution in [0.15, 0.2) is 12.2 Å². The van der Waals surface area contributed by atoms with Gasteiger partial charge < -0.3 is 5.11 Å². The van der Waals surface area contributed by atoms with E-state index in [1.807, 2.05) is 0 Å². The summed E-state index contributed by atoms with van der Waals surface area (Å²) < 4.78 is 0. The van der Waals surface area contributed by atoms with Crippen LogP contribution in [0.5, 0.6) is 0 Å². The van der Waals surface area contributed by atoms with Gasteiger partial charge in [0.1, 0.15) is 5.60 Å². The summed E-state index contributed by atoms with van der Waals surface area (Å²) in [5.41, 5.74) is -1.31. The van der Waals surface area contributed by atoms with Crippen LogP contribution < -0.4 is 0 Å². The van der Waals surface area contributed by atoms with Gasteiger partial charge in [-0.15, -0.1) is 0 Å². The fraction of sp³-hybridized carbons (Fsp3) is 0.857. The molecule has 0 aromatic rings. The first-order chi connectivity index (χ1) is 10.7. The lowest BCUT2D eigenvalue weighted by Gasteiger charge is -2.45. The number of aliphatic hydroxyl groups is 1. The number of carbonyl (C=O) groups excluding carboxylic acids is 1. The van der Waals surface area contributed by atoms with Crippen LogP contribution in [0, 0.1) is 22.7 Å². The van der Waals surface area contributed by atoms with E-state index in [0.717, 1.165) is 44.9 Å². The second-order valence-electron chi connectivity index (χ2n) is 8.70. The van der Waals surface area contributed by atoms with Gasteiger partial charge in [0.2, 0.25) is 0 Å². The third-order valence-electron chi connectivity index (χ3n) is 7.35. The van der Waals surface area contributed by atoms with Crippen molar-refractivity contribution >= 4 is 5.78 Å². The Labute approximate surface area is 142 Å². The van der Waals surface area contributed by atoms with E-state index in [1.165, 1.54) is 0 Å². The summed E-state index contributed by atoms with van der Waals surface area (Å²) in [6.07, 6.45) is 12.1. The molecule has 0 spiro atoms. The molecule has 0 unspecified atom stereocenters. The number of fused-ring (bicyclic) bond motifs is 2. The second kappa shape index (κ2) is 6.70. The molecule has 0 aliphatic heterocycles. The van der Waals surface area contributed by atoms with Gasteiger partial charge in [-0.1, -0.05) is 59.6 Å². The average molecular weight is 321 g/mol. The Bertz CT molecular complexity index is 464. The molecule has 2 bridgehead atoms. The summed E-state index contributed by atoms with van der Waals surface area (Å²) in [5, 5.41) is 11.5. The van der Waals surface area contributed by atoms with Crippen LogP contribution in [0.2, 0.25) is 0 Å². The third-order valence-corrected chi connectivity index (χ3v) is 7.35. The van der Waals surface area contributed by atoms with Gasteiger partial charge in [-0.2, -0.15) is 0 Å². The van der Waals surface area contributed by atoms with Gasteiger partial charge in [0.05, 0.1) is 0 Å². The number of ketones is 1. The Morgan fingerprint density at radius 3 is 2.39 bits per heavy atom. The molecule has 2 saturated carbocycles. The van der Waals surface area contributed by atoms with Crippen molar-refractivity contribution in [3.05, 3.63) is 12.2 Å². The van der Waals surface area contributed by atoms with Crippen molar-refractivity contribution in [2.24, 2.45) is 22.7 Å². The molecule has 23 heavy (non-hydrogen) atoms. The van der Waals surface area contributed by atoms with E-state index in [-0.39, 0.29) is 22.5 Å². The Morgan fingerprint density at radius 2 is 1.91 bits per heavy atom. The first-order valence-electron chi connectivity index (χ1n) is 9.66. The molecule has 1 N–H and O–H groups in total. The molecule has 2 aliphatic carbocycles. The van der Waals surface area contributed by atoms with Gasteiger partial charge in [-0.3, -0.25) is 4.79 Å². The number of Topliss-reactive ketones (excluding diaryl/α,β-unsaturated/α-hetero) is 1. The lowest BCUT2D eigenvalue weighted by molar-refractivity contribution is -0.160. The summed E-state index contributed by atoms with van der Waals surface area (Å²) in [6.45, 7) is 11.0. The zero-order valence-electron chi connectivity index (χ0n) is 15.8. The van der Waals surface area contributed by atoms with Crippen LogP contribution in [-0.4, -0.2) is 16.5 Å². The van der Waals surface area contributed by atoms with E-state index in [1.54, 1.807) is 0 Å². The number of unbranched alkanes of at least 4 members (excludes halogenated alkanes) is 1. The smallest absolute Gasteiger partial charge is 0.168 e. The molecule has 0 heterocycles. The normalized spacial score (nSPS) is 36.7. The Morgan fingerprint density at radius 1 is 1.22 bits per heavy atom. The number of rotatable bonds is 8. The van der Waals surface area contributed by atoms with Crippen LogP contribution in [-0.2, 0) is 4.79 Å². The minimum atomic E-state index is -1.11. The van der Waals surface area contributed by atoms with Gasteiger partial charge in [-0.25, -0.2) is 0 Å². The van der Waals surface area contributed by atoms with Gasteiger partial charge >= 0.3 is 0 Å². The molecule has 0 radical (unpaired) electrons. The van der Waals surface area contributed by atoms with Crippen LogP contribution in [0.4, 0.5) is 0 Å². The van der Waals surface area contributed by atoms with E-state index < -0.39 is 5.60 Å². The first-order valence-corrected chi connectivity index (χ1v) is 9.66. The highest BCUT2D eigenvalue weighted by Crippen LogP contribution is 2.70. The average Bonchev–Trinajstić information content (AvgIpc) is 2.82. The summed E-state index contributed by atoms with van der Waals surface area (Å²) in [7, 11) is 0. The predicted molar refractivity (Wildman–Crippen MR) is 96.2 cm³/mol. The van der Waals surface area contributed by atoms with Gasteiger partial charge in [0.15, 0.2) is 5.78 Å². The molecular formula is C21H36O2. The first kappa shape index (κ1) is 18.7. The predicted octanol–water partition coefficient (Wildman–Crippen LogP) is 5.30. The molecule has 0 aromatic carbocycles. The molecule has 2 rings (SSSR count). The summed E-state index contributed by atoms with van der Waals surface area (Å²) in [6, 6.07) is 0. The Hall–Kier alpha value is -0.630. The number of hydrogen-bond donors (Lipinski definition) is 1. The largest absolute Gasteiger partial charge is 0.381 e. The molecule has 2 nitrogen and oxygen atoms in total. The second-order valence-corrected chi connectivity index (χ2v) is 8.70. The SMILES string of the molecule is CCC/C=C/C[C@@H](CCC)C(=O)[C@@]1(O)C[C@H]2CC[C@]1(C)C2(C)C. The fourth-order valence-electron chi connectivity index (χ4n) is 5.23. The maximum Gasteiger partial charge on any atom is 0.168 e. The van der Waals surface area contributed by atoms with Crippen molar-refractivity contribution < 1.29 is 9.90 Å². The van der Waals surface area contributed by atoms with E-state index in [4.69, 9.17) is 0 Å². The molecule has 0 amide bonds. The monoisotopic (exact) mass is 320 g/mol. The molecule has 132 valence electrons. The molecule has 4 atom stereocenters. The molecule has 0 aromatic heterocycles. The zero-order valence-corrected chi connectivity index (χ0v) is 15.8. The summed E-state index contributed by atoms with van der Waals surface area (Å²) in [4.78, 5) is 13.3. The van der Waals surface area contributed by atoms with Crippen LogP contribution >= 0.6 is 0 Å². The van der Waals surface area contributed by atoms with E-state index in [0.29, 0.717) is 12.3 Å².